The van der Waals surface area contributed by atoms with Gasteiger partial charge >= 0.3 is 6.18 Å². The minimum Gasteiger partial charge on any atom is -0.489 e. The number of rotatable bonds is 5. The first kappa shape index (κ1) is 21.3. The highest BCUT2D eigenvalue weighted by Gasteiger charge is 2.31. The number of benzene rings is 2. The molecular formula is C19H13BrF3N3O2. The van der Waals surface area contributed by atoms with Crippen molar-refractivity contribution in [3.63, 3.8) is 0 Å². The third-order valence-electron chi connectivity index (χ3n) is 3.69. The first-order chi connectivity index (χ1) is 13.1. The van der Waals surface area contributed by atoms with Gasteiger partial charge in [0.1, 0.15) is 12.4 Å². The van der Waals surface area contributed by atoms with Gasteiger partial charge in [-0.25, -0.2) is 0 Å². The third kappa shape index (κ3) is 5.24. The summed E-state index contributed by atoms with van der Waals surface area (Å²) in [6, 6.07) is 12.2. The average Bonchev–Trinajstić information content (AvgIpc) is 2.66. The highest BCUT2D eigenvalue weighted by molar-refractivity contribution is 9.10. The van der Waals surface area contributed by atoms with Crippen LogP contribution in [0.1, 0.15) is 28.4 Å². The van der Waals surface area contributed by atoms with Crippen molar-refractivity contribution in [2.75, 3.05) is 6.61 Å². The Morgan fingerprint density at radius 3 is 2.32 bits per heavy atom. The monoisotopic (exact) mass is 451 g/mol. The second-order valence-electron chi connectivity index (χ2n) is 6.02. The van der Waals surface area contributed by atoms with Crippen molar-refractivity contribution in [3.8, 4) is 17.9 Å². The van der Waals surface area contributed by atoms with E-state index in [0.29, 0.717) is 15.8 Å². The zero-order chi connectivity index (χ0) is 20.9. The number of halogens is 4. The highest BCUT2D eigenvalue weighted by atomic mass is 79.9. The highest BCUT2D eigenvalue weighted by Crippen LogP contribution is 2.29. The van der Waals surface area contributed by atoms with Gasteiger partial charge in [-0.15, -0.1) is 0 Å². The number of carbonyl (C=O) groups excluding carboxylic acids is 1. The maximum Gasteiger partial charge on any atom is 0.416 e. The van der Waals surface area contributed by atoms with Crippen LogP contribution in [-0.2, 0) is 6.18 Å². The molecule has 2 rings (SSSR count). The summed E-state index contributed by atoms with van der Waals surface area (Å²) in [6.45, 7) is 1.20. The van der Waals surface area contributed by atoms with Crippen LogP contribution in [0.4, 0.5) is 13.2 Å². The Morgan fingerprint density at radius 2 is 1.82 bits per heavy atom. The molecular weight excluding hydrogens is 439 g/mol. The normalized spacial score (nSPS) is 13.0. The zero-order valence-corrected chi connectivity index (χ0v) is 16.1. The molecule has 2 aromatic carbocycles. The van der Waals surface area contributed by atoms with Crippen molar-refractivity contribution in [2.24, 2.45) is 0 Å². The first-order valence-electron chi connectivity index (χ1n) is 7.81. The van der Waals surface area contributed by atoms with E-state index in [1.807, 2.05) is 12.1 Å². The Balaban J connectivity index is 2.08. The summed E-state index contributed by atoms with van der Waals surface area (Å²) in [5, 5.41) is 20.7. The molecule has 28 heavy (non-hydrogen) atoms. The third-order valence-corrected chi connectivity index (χ3v) is 4.31. The van der Waals surface area contributed by atoms with Gasteiger partial charge in [0, 0.05) is 5.56 Å². The molecule has 0 bridgehead atoms. The molecule has 2 aromatic rings. The van der Waals surface area contributed by atoms with E-state index in [0.717, 1.165) is 24.3 Å². The van der Waals surface area contributed by atoms with Crippen molar-refractivity contribution in [1.29, 1.82) is 10.5 Å². The summed E-state index contributed by atoms with van der Waals surface area (Å²) in [5.41, 5.74) is -1.92. The lowest BCUT2D eigenvalue weighted by molar-refractivity contribution is -0.137. The van der Waals surface area contributed by atoms with Crippen molar-refractivity contribution in [2.45, 2.75) is 18.6 Å². The Kier molecular flexibility index (Phi) is 6.32. The number of hydrogen-bond donors (Lipinski definition) is 1. The van der Waals surface area contributed by atoms with Gasteiger partial charge in [0.25, 0.3) is 5.91 Å². The quantitative estimate of drug-likeness (QED) is 0.728. The average molecular weight is 452 g/mol. The van der Waals surface area contributed by atoms with Gasteiger partial charge in [0.15, 0.2) is 5.54 Å². The number of ether oxygens (including phenoxy) is 1. The van der Waals surface area contributed by atoms with Gasteiger partial charge < -0.3 is 10.1 Å². The molecule has 0 aliphatic carbocycles. The summed E-state index contributed by atoms with van der Waals surface area (Å²) in [6.07, 6.45) is -4.50. The summed E-state index contributed by atoms with van der Waals surface area (Å²) in [4.78, 5) is 12.3. The minimum atomic E-state index is -4.50. The number of nitrogens with one attached hydrogen (secondary N) is 1. The van der Waals surface area contributed by atoms with E-state index in [9.17, 15) is 23.2 Å². The fourth-order valence-corrected chi connectivity index (χ4v) is 2.63. The van der Waals surface area contributed by atoms with E-state index in [4.69, 9.17) is 10.00 Å². The number of hydrogen-bond acceptors (Lipinski definition) is 4. The van der Waals surface area contributed by atoms with Gasteiger partial charge in [0.2, 0.25) is 0 Å². The number of nitriles is 2. The van der Waals surface area contributed by atoms with E-state index in [1.165, 1.54) is 19.1 Å². The summed E-state index contributed by atoms with van der Waals surface area (Å²) in [5.74, 6) is -0.343. The number of alkyl halides is 3. The zero-order valence-electron chi connectivity index (χ0n) is 14.5. The lowest BCUT2D eigenvalue weighted by Crippen LogP contribution is -2.49. The standard InChI is InChI=1S/C19H13BrF3N3O2/c1-18(10-25,11-28-16-7-2-12(9-24)8-15(16)20)26-17(27)13-3-5-14(6-4-13)19(21,22)23/h2-8H,11H2,1H3,(H,26,27). The Hall–Kier alpha value is -3.04. The van der Waals surface area contributed by atoms with E-state index in [2.05, 4.69) is 21.2 Å². The fourth-order valence-electron chi connectivity index (χ4n) is 2.14. The number of nitrogens with zero attached hydrogens (tertiary/aromatic N) is 2. The predicted octanol–water partition coefficient (Wildman–Crippen LogP) is 4.43. The van der Waals surface area contributed by atoms with Crippen LogP contribution in [-0.4, -0.2) is 18.1 Å². The summed E-state index contributed by atoms with van der Waals surface area (Å²) < 4.78 is 43.9. The van der Waals surface area contributed by atoms with Crippen molar-refractivity contribution < 1.29 is 22.7 Å². The first-order valence-corrected chi connectivity index (χ1v) is 8.61. The molecule has 1 amide bonds. The maximum absolute atomic E-state index is 12.6. The van der Waals surface area contributed by atoms with Crippen LogP contribution in [0, 0.1) is 22.7 Å². The van der Waals surface area contributed by atoms with E-state index >= 15 is 0 Å². The van der Waals surface area contributed by atoms with E-state index in [1.54, 1.807) is 6.07 Å². The van der Waals surface area contributed by atoms with Crippen LogP contribution in [0.3, 0.4) is 0 Å². The van der Waals surface area contributed by atoms with Crippen molar-refractivity contribution in [3.05, 3.63) is 63.6 Å². The van der Waals surface area contributed by atoms with Crippen LogP contribution in [0.5, 0.6) is 5.75 Å². The van der Waals surface area contributed by atoms with Crippen LogP contribution in [0.15, 0.2) is 46.9 Å². The number of amides is 1. The molecule has 0 aliphatic heterocycles. The van der Waals surface area contributed by atoms with Crippen LogP contribution < -0.4 is 10.1 Å². The van der Waals surface area contributed by atoms with Crippen molar-refractivity contribution in [1.82, 2.24) is 5.32 Å². The molecule has 0 fully saturated rings. The Bertz CT molecular complexity index is 962. The molecule has 5 nitrogen and oxygen atoms in total. The lowest BCUT2D eigenvalue weighted by atomic mass is 10.0. The molecule has 0 saturated carbocycles. The Morgan fingerprint density at radius 1 is 1.18 bits per heavy atom. The summed E-state index contributed by atoms with van der Waals surface area (Å²) >= 11 is 3.25. The summed E-state index contributed by atoms with van der Waals surface area (Å²) in [7, 11) is 0. The molecule has 0 aliphatic rings. The molecule has 9 heteroatoms. The molecule has 0 heterocycles. The molecule has 1 N–H and O–H groups in total. The Labute approximate surface area is 167 Å². The predicted molar refractivity (Wildman–Crippen MR) is 97.3 cm³/mol. The fraction of sp³-hybridized carbons (Fsp3) is 0.211. The van der Waals surface area contributed by atoms with Gasteiger partial charge in [-0.2, -0.15) is 23.7 Å². The second-order valence-corrected chi connectivity index (χ2v) is 6.87. The topological polar surface area (TPSA) is 85.9 Å². The molecule has 0 spiro atoms. The van der Waals surface area contributed by atoms with Gasteiger partial charge in [0.05, 0.1) is 27.7 Å². The smallest absolute Gasteiger partial charge is 0.416 e. The molecule has 1 unspecified atom stereocenters. The molecule has 1 atom stereocenters. The van der Waals surface area contributed by atoms with E-state index in [-0.39, 0.29) is 12.2 Å². The van der Waals surface area contributed by atoms with Gasteiger partial charge in [-0.05, 0) is 65.3 Å². The molecule has 0 saturated heterocycles. The maximum atomic E-state index is 12.6. The second kappa shape index (κ2) is 8.32. The SMILES string of the molecule is CC(C#N)(COc1ccc(C#N)cc1Br)NC(=O)c1ccc(C(F)(F)F)cc1. The van der Waals surface area contributed by atoms with Gasteiger partial charge in [-0.3, -0.25) is 4.79 Å². The van der Waals surface area contributed by atoms with Crippen LogP contribution in [0.2, 0.25) is 0 Å². The van der Waals surface area contributed by atoms with Crippen LogP contribution in [0.25, 0.3) is 0 Å². The molecule has 0 radical (unpaired) electrons. The lowest BCUT2D eigenvalue weighted by Gasteiger charge is -2.24. The van der Waals surface area contributed by atoms with E-state index < -0.39 is 23.2 Å². The minimum absolute atomic E-state index is 0.0194. The molecule has 0 aromatic heterocycles. The van der Waals surface area contributed by atoms with Crippen molar-refractivity contribution >= 4 is 21.8 Å². The van der Waals surface area contributed by atoms with Crippen LogP contribution >= 0.6 is 15.9 Å². The molecule has 144 valence electrons. The largest absolute Gasteiger partial charge is 0.489 e. The van der Waals surface area contributed by atoms with Gasteiger partial charge in [-0.1, -0.05) is 0 Å². The number of carbonyl (C=O) groups is 1.